The molecule has 4 rings (SSSR count). The largest absolute Gasteiger partial charge is 0.494 e. The van der Waals surface area contributed by atoms with Crippen LogP contribution in [0.2, 0.25) is 0 Å². The summed E-state index contributed by atoms with van der Waals surface area (Å²) in [6, 6.07) is 5.53. The van der Waals surface area contributed by atoms with Crippen molar-refractivity contribution in [2.75, 3.05) is 26.0 Å². The molecule has 0 amide bonds. The minimum absolute atomic E-state index is 0.0558. The number of nitrogens with one attached hydrogen (secondary N) is 3. The van der Waals surface area contributed by atoms with Gasteiger partial charge in [-0.3, -0.25) is 19.7 Å². The lowest BCUT2D eigenvalue weighted by Crippen LogP contribution is -2.33. The van der Waals surface area contributed by atoms with Crippen LogP contribution in [-0.2, 0) is 6.42 Å². The Morgan fingerprint density at radius 3 is 2.34 bits per heavy atom. The van der Waals surface area contributed by atoms with Gasteiger partial charge in [-0.1, -0.05) is 26.8 Å². The second-order valence-electron chi connectivity index (χ2n) is 7.14. The molecule has 0 fully saturated rings. The minimum atomic E-state index is -0.460. The molecule has 11 nitrogen and oxygen atoms in total. The zero-order valence-electron chi connectivity index (χ0n) is 20.5. The summed E-state index contributed by atoms with van der Waals surface area (Å²) in [7, 11) is 5.05. The first kappa shape index (κ1) is 26.0. The third-order valence-electron chi connectivity index (χ3n) is 4.71. The fourth-order valence-electron chi connectivity index (χ4n) is 3.21. The molecule has 3 heterocycles. The lowest BCUT2D eigenvalue weighted by molar-refractivity contribution is 0.330. The van der Waals surface area contributed by atoms with E-state index in [4.69, 9.17) is 9.47 Å². The number of benzene rings is 1. The highest BCUT2D eigenvalue weighted by Gasteiger charge is 2.25. The molecule has 0 bridgehead atoms. The van der Waals surface area contributed by atoms with E-state index in [0.717, 1.165) is 12.4 Å². The van der Waals surface area contributed by atoms with Crippen LogP contribution in [0.1, 0.15) is 32.4 Å². The molecule has 1 atom stereocenters. The smallest absolute Gasteiger partial charge is 0.239 e. The van der Waals surface area contributed by atoms with Gasteiger partial charge in [-0.15, -0.1) is 15.7 Å². The molecule has 35 heavy (non-hydrogen) atoms. The van der Waals surface area contributed by atoms with Crippen LogP contribution < -0.4 is 25.2 Å². The summed E-state index contributed by atoms with van der Waals surface area (Å²) in [4.78, 5) is 8.05. The molecule has 1 aliphatic heterocycles. The number of anilines is 1. The first-order valence-corrected chi connectivity index (χ1v) is 11.9. The first-order valence-electron chi connectivity index (χ1n) is 11.0. The van der Waals surface area contributed by atoms with E-state index in [1.807, 2.05) is 56.8 Å². The molecule has 1 aromatic carbocycles. The van der Waals surface area contributed by atoms with Crippen LogP contribution in [0.25, 0.3) is 11.4 Å². The van der Waals surface area contributed by atoms with Crippen molar-refractivity contribution >= 4 is 23.6 Å². The molecule has 0 spiro atoms. The molecule has 188 valence electrons. The van der Waals surface area contributed by atoms with Crippen molar-refractivity contribution in [1.29, 1.82) is 0 Å². The Morgan fingerprint density at radius 2 is 1.77 bits per heavy atom. The van der Waals surface area contributed by atoms with Gasteiger partial charge in [-0.05, 0) is 24.1 Å². The zero-order chi connectivity index (χ0) is 25.4. The lowest BCUT2D eigenvalue weighted by atomic mass is 10.2. The number of hydrogen-bond acceptors (Lipinski definition) is 11. The van der Waals surface area contributed by atoms with E-state index in [1.165, 1.54) is 11.9 Å². The number of hydrogen-bond donors (Lipinski definition) is 3. The highest BCUT2D eigenvalue weighted by Crippen LogP contribution is 2.37. The fourth-order valence-corrected chi connectivity index (χ4v) is 3.88. The molecule has 0 aliphatic carbocycles. The Kier molecular flexibility index (Phi) is 9.09. The average Bonchev–Trinajstić information content (AvgIpc) is 3.50. The van der Waals surface area contributed by atoms with Crippen LogP contribution in [-0.4, -0.2) is 56.3 Å². The van der Waals surface area contributed by atoms with Crippen LogP contribution >= 0.6 is 11.9 Å². The SMILES string of the molecule is CC.COc1cccc(OC)c1-n1c(NS[C@H](C)Cc2ncc(F)cn2)nnc1C1=CN(C)NN1. The van der Waals surface area contributed by atoms with Crippen molar-refractivity contribution in [3.05, 3.63) is 54.3 Å². The van der Waals surface area contributed by atoms with Crippen LogP contribution in [0, 0.1) is 5.82 Å². The summed E-state index contributed by atoms with van der Waals surface area (Å²) in [6.45, 7) is 6.01. The van der Waals surface area contributed by atoms with Gasteiger partial charge < -0.3 is 9.47 Å². The quantitative estimate of drug-likeness (QED) is 0.374. The molecule has 3 N–H and O–H groups in total. The van der Waals surface area contributed by atoms with Crippen molar-refractivity contribution in [3.63, 3.8) is 0 Å². The maximum Gasteiger partial charge on any atom is 0.239 e. The number of ether oxygens (including phenoxy) is 2. The van der Waals surface area contributed by atoms with E-state index >= 15 is 0 Å². The van der Waals surface area contributed by atoms with Gasteiger partial charge in [0.15, 0.2) is 11.6 Å². The molecular formula is C22H30FN9O2S. The monoisotopic (exact) mass is 503 g/mol. The van der Waals surface area contributed by atoms with Gasteiger partial charge in [-0.2, -0.15) is 0 Å². The molecule has 0 radical (unpaired) electrons. The molecule has 2 aromatic heterocycles. The van der Waals surface area contributed by atoms with E-state index in [1.54, 1.807) is 19.2 Å². The topological polar surface area (TPSA) is 114 Å². The molecule has 0 unspecified atom stereocenters. The Balaban J connectivity index is 0.00000167. The second kappa shape index (κ2) is 12.2. The lowest BCUT2D eigenvalue weighted by Gasteiger charge is -2.18. The van der Waals surface area contributed by atoms with Gasteiger partial charge in [0.25, 0.3) is 0 Å². The zero-order valence-corrected chi connectivity index (χ0v) is 21.4. The Labute approximate surface area is 208 Å². The summed E-state index contributed by atoms with van der Waals surface area (Å²) in [6.07, 6.45) is 4.72. The van der Waals surface area contributed by atoms with Crippen molar-refractivity contribution in [3.8, 4) is 17.2 Å². The Hall–Kier alpha value is -3.58. The van der Waals surface area contributed by atoms with E-state index in [-0.39, 0.29) is 5.25 Å². The van der Waals surface area contributed by atoms with Gasteiger partial charge in [-0.25, -0.2) is 14.4 Å². The summed E-state index contributed by atoms with van der Waals surface area (Å²) in [5.41, 5.74) is 7.41. The average molecular weight is 504 g/mol. The second-order valence-corrected chi connectivity index (χ2v) is 8.38. The first-order chi connectivity index (χ1) is 17.0. The van der Waals surface area contributed by atoms with Gasteiger partial charge in [0.2, 0.25) is 5.95 Å². The number of rotatable bonds is 9. The molecule has 0 saturated heterocycles. The summed E-state index contributed by atoms with van der Waals surface area (Å²) < 4.78 is 29.4. The van der Waals surface area contributed by atoms with Crippen molar-refractivity contribution in [2.45, 2.75) is 32.4 Å². The molecule has 13 heteroatoms. The van der Waals surface area contributed by atoms with E-state index < -0.39 is 5.82 Å². The summed E-state index contributed by atoms with van der Waals surface area (Å²) in [5, 5.41) is 10.6. The highest BCUT2D eigenvalue weighted by molar-refractivity contribution is 8.01. The van der Waals surface area contributed by atoms with Crippen LogP contribution in [0.5, 0.6) is 11.5 Å². The van der Waals surface area contributed by atoms with Gasteiger partial charge in [0.1, 0.15) is 28.7 Å². The fraction of sp³-hybridized carbons (Fsp3) is 0.364. The highest BCUT2D eigenvalue weighted by atomic mass is 32.2. The predicted octanol–water partition coefficient (Wildman–Crippen LogP) is 3.18. The number of para-hydroxylation sites is 1. The van der Waals surface area contributed by atoms with Gasteiger partial charge in [0, 0.05) is 24.9 Å². The van der Waals surface area contributed by atoms with Crippen LogP contribution in [0.15, 0.2) is 36.8 Å². The van der Waals surface area contributed by atoms with E-state index in [2.05, 4.69) is 35.8 Å². The molecular weight excluding hydrogens is 473 g/mol. The normalized spacial score (nSPS) is 13.3. The third kappa shape index (κ3) is 6.11. The standard InChI is InChI=1S/C20H24FN9O2S.C2H6/c1-12(8-17-22-9-13(21)10-23-17)33-27-20-26-25-19(14-11-29(2)28-24-14)30(20)18-15(31-3)6-5-7-16(18)32-4;1-2/h5-7,9-12,24,28H,8H2,1-4H3,(H,26,27);1-2H3/t12-;/m1./s1. The maximum absolute atomic E-state index is 13.1. The minimum Gasteiger partial charge on any atom is -0.494 e. The number of hydrazine groups is 2. The Morgan fingerprint density at radius 1 is 1.11 bits per heavy atom. The van der Waals surface area contributed by atoms with Crippen LogP contribution in [0.4, 0.5) is 10.3 Å². The summed E-state index contributed by atoms with van der Waals surface area (Å²) in [5.74, 6) is 2.31. The number of aromatic nitrogens is 5. The van der Waals surface area contributed by atoms with Gasteiger partial charge in [0.05, 0.1) is 26.6 Å². The van der Waals surface area contributed by atoms with Crippen molar-refractivity contribution in [1.82, 2.24) is 40.7 Å². The van der Waals surface area contributed by atoms with Crippen LogP contribution in [0.3, 0.4) is 0 Å². The molecule has 3 aromatic rings. The molecule has 0 saturated carbocycles. The number of methoxy groups -OCH3 is 2. The maximum atomic E-state index is 13.1. The number of halogens is 1. The van der Waals surface area contributed by atoms with Crippen molar-refractivity contribution in [2.24, 2.45) is 0 Å². The van der Waals surface area contributed by atoms with E-state index in [0.29, 0.717) is 46.9 Å². The summed E-state index contributed by atoms with van der Waals surface area (Å²) >= 11 is 1.43. The predicted molar refractivity (Wildman–Crippen MR) is 134 cm³/mol. The van der Waals surface area contributed by atoms with E-state index in [9.17, 15) is 4.39 Å². The number of nitrogens with zero attached hydrogens (tertiary/aromatic N) is 6. The Bertz CT molecular complexity index is 1120. The van der Waals surface area contributed by atoms with Crippen molar-refractivity contribution < 1.29 is 13.9 Å². The molecule has 1 aliphatic rings. The third-order valence-corrected chi connectivity index (χ3v) is 5.58. The van der Waals surface area contributed by atoms with Gasteiger partial charge >= 0.3 is 0 Å².